The topological polar surface area (TPSA) is 176 Å². The number of rotatable bonds is 21. The molecule has 0 aliphatic rings. The molecule has 0 radical (unpaired) electrons. The quantitative estimate of drug-likeness (QED) is 0.0821. The van der Waals surface area contributed by atoms with Crippen LogP contribution in [0.3, 0.4) is 0 Å². The number of nitrogens with zero attached hydrogens (tertiary/aromatic N) is 2. The van der Waals surface area contributed by atoms with Gasteiger partial charge in [0.1, 0.15) is 18.1 Å². The SMILES string of the molecule is CCNC(=O)[C@@H](NC(=O)[C@H](C)NC[C@H](Cc1ccccc1)NC(=O)[C@H](CCc1ccccc1)N(C)C(=O)[C@@H](NC(=O)c1cc[n+]([O-])cc1)[C@@H](C)CC)C(C)C. The number of amides is 5. The van der Waals surface area contributed by atoms with Gasteiger partial charge in [-0.3, -0.25) is 24.0 Å². The second kappa shape index (κ2) is 22.2. The van der Waals surface area contributed by atoms with Crippen LogP contribution in [0.4, 0.5) is 0 Å². The Labute approximate surface area is 325 Å². The summed E-state index contributed by atoms with van der Waals surface area (Å²) in [5, 5.41) is 26.5. The van der Waals surface area contributed by atoms with E-state index in [0.717, 1.165) is 11.1 Å². The summed E-state index contributed by atoms with van der Waals surface area (Å²) >= 11 is 0. The average Bonchev–Trinajstić information content (AvgIpc) is 3.18. The van der Waals surface area contributed by atoms with E-state index in [-0.39, 0.29) is 41.7 Å². The third-order valence-corrected chi connectivity index (χ3v) is 9.83. The van der Waals surface area contributed by atoms with Crippen molar-refractivity contribution in [3.63, 3.8) is 0 Å². The molecular formula is C42H59N7O6. The molecule has 0 saturated heterocycles. The number of carbonyl (C=O) groups is 5. The van der Waals surface area contributed by atoms with Gasteiger partial charge in [0.2, 0.25) is 23.6 Å². The normalized spacial score (nSPS) is 14.4. The van der Waals surface area contributed by atoms with Crippen LogP contribution in [0.15, 0.2) is 85.2 Å². The maximum Gasteiger partial charge on any atom is 0.252 e. The van der Waals surface area contributed by atoms with Crippen LogP contribution in [-0.4, -0.2) is 84.8 Å². The molecule has 0 unspecified atom stereocenters. The monoisotopic (exact) mass is 757 g/mol. The number of aromatic nitrogens is 1. The fourth-order valence-electron chi connectivity index (χ4n) is 6.17. The van der Waals surface area contributed by atoms with Crippen molar-refractivity contribution in [3.05, 3.63) is 107 Å². The Balaban J connectivity index is 1.86. The van der Waals surface area contributed by atoms with E-state index in [0.29, 0.717) is 37.0 Å². The van der Waals surface area contributed by atoms with Crippen LogP contribution in [-0.2, 0) is 32.0 Å². The van der Waals surface area contributed by atoms with E-state index < -0.39 is 42.0 Å². The minimum absolute atomic E-state index is 0.127. The summed E-state index contributed by atoms with van der Waals surface area (Å²) in [6.45, 7) is 11.7. The number of nitrogens with one attached hydrogen (secondary N) is 5. The lowest BCUT2D eigenvalue weighted by atomic mass is 9.95. The van der Waals surface area contributed by atoms with Crippen LogP contribution in [0, 0.1) is 17.0 Å². The van der Waals surface area contributed by atoms with E-state index in [9.17, 15) is 29.2 Å². The van der Waals surface area contributed by atoms with Crippen molar-refractivity contribution < 1.29 is 28.7 Å². The summed E-state index contributed by atoms with van der Waals surface area (Å²) in [5.74, 6) is -2.29. The summed E-state index contributed by atoms with van der Waals surface area (Å²) in [5.41, 5.74) is 2.20. The van der Waals surface area contributed by atoms with Gasteiger partial charge in [-0.2, -0.15) is 4.73 Å². The molecule has 298 valence electrons. The highest BCUT2D eigenvalue weighted by Crippen LogP contribution is 2.17. The molecule has 5 amide bonds. The molecule has 0 fully saturated rings. The standard InChI is InChI=1S/C42H59N7O6/c1-8-29(5)37(47-39(51)33-22-24-49(55)25-23-33)42(54)48(7)35(21-20-31-16-12-10-13-17-31)40(52)45-34(26-32-18-14-11-15-19-32)27-44-30(6)38(50)46-36(28(3)4)41(53)43-9-2/h10-19,22-25,28-30,34-37,44H,8-9,20-21,26-27H2,1-7H3,(H,43,53)(H,45,52)(H,46,50)(H,47,51)/t29-,30-,34-,35-,36-,37-/m0/s1. The van der Waals surface area contributed by atoms with Gasteiger partial charge in [0.25, 0.3) is 5.91 Å². The lowest BCUT2D eigenvalue weighted by molar-refractivity contribution is -0.605. The van der Waals surface area contributed by atoms with Gasteiger partial charge in [-0.05, 0) is 56.1 Å². The number of likely N-dealkylation sites (N-methyl/N-ethyl adjacent to an activating group) is 2. The third kappa shape index (κ3) is 13.8. The predicted octanol–water partition coefficient (Wildman–Crippen LogP) is 2.91. The molecule has 2 aromatic carbocycles. The van der Waals surface area contributed by atoms with Gasteiger partial charge in [0.05, 0.1) is 11.6 Å². The Morgan fingerprint density at radius 2 is 1.35 bits per heavy atom. The van der Waals surface area contributed by atoms with Crippen molar-refractivity contribution in [2.24, 2.45) is 11.8 Å². The molecule has 13 heteroatoms. The smallest absolute Gasteiger partial charge is 0.252 e. The first-order chi connectivity index (χ1) is 26.2. The second-order valence-corrected chi connectivity index (χ2v) is 14.4. The van der Waals surface area contributed by atoms with Gasteiger partial charge in [-0.15, -0.1) is 0 Å². The predicted molar refractivity (Wildman–Crippen MR) is 212 cm³/mol. The molecular weight excluding hydrogens is 699 g/mol. The van der Waals surface area contributed by atoms with Gasteiger partial charge >= 0.3 is 0 Å². The maximum atomic E-state index is 14.4. The molecule has 0 spiro atoms. The molecule has 1 aromatic heterocycles. The molecule has 55 heavy (non-hydrogen) atoms. The molecule has 1 heterocycles. The molecule has 5 N–H and O–H groups in total. The minimum Gasteiger partial charge on any atom is -0.619 e. The highest BCUT2D eigenvalue weighted by Gasteiger charge is 2.35. The van der Waals surface area contributed by atoms with Crippen LogP contribution in [0.5, 0.6) is 0 Å². The summed E-state index contributed by atoms with van der Waals surface area (Å²) in [6, 6.07) is 18.4. The van der Waals surface area contributed by atoms with Gasteiger partial charge in [-0.25, -0.2) is 0 Å². The van der Waals surface area contributed by atoms with Crippen molar-refractivity contribution in [2.75, 3.05) is 20.1 Å². The molecule has 0 aliphatic carbocycles. The number of aryl methyl sites for hydroxylation is 1. The number of carbonyl (C=O) groups excluding carboxylic acids is 5. The maximum absolute atomic E-state index is 14.4. The Bertz CT molecular complexity index is 1670. The van der Waals surface area contributed by atoms with Crippen molar-refractivity contribution in [2.45, 2.75) is 97.4 Å². The van der Waals surface area contributed by atoms with Gasteiger partial charge in [-0.1, -0.05) is 94.8 Å². The number of hydrogen-bond donors (Lipinski definition) is 5. The van der Waals surface area contributed by atoms with Gasteiger partial charge in [0.15, 0.2) is 12.4 Å². The van der Waals surface area contributed by atoms with E-state index in [1.807, 2.05) is 95.3 Å². The van der Waals surface area contributed by atoms with Crippen LogP contribution in [0.1, 0.15) is 75.9 Å². The van der Waals surface area contributed by atoms with Crippen LogP contribution >= 0.6 is 0 Å². The van der Waals surface area contributed by atoms with Gasteiger partial charge in [0, 0.05) is 38.3 Å². The van der Waals surface area contributed by atoms with Gasteiger partial charge < -0.3 is 36.7 Å². The zero-order valence-corrected chi connectivity index (χ0v) is 33.2. The van der Waals surface area contributed by atoms with Crippen molar-refractivity contribution >= 4 is 29.5 Å². The molecule has 6 atom stereocenters. The number of benzene rings is 2. The highest BCUT2D eigenvalue weighted by molar-refractivity contribution is 5.98. The molecule has 0 aliphatic heterocycles. The number of hydrogen-bond acceptors (Lipinski definition) is 7. The molecule has 3 aromatic rings. The lowest BCUT2D eigenvalue weighted by Gasteiger charge is -2.34. The summed E-state index contributed by atoms with van der Waals surface area (Å²) < 4.78 is 0.574. The largest absolute Gasteiger partial charge is 0.619 e. The Hall–Kier alpha value is -5.30. The fraction of sp³-hybridized carbons (Fsp3) is 0.476. The zero-order chi connectivity index (χ0) is 40.5. The average molecular weight is 758 g/mol. The number of pyridine rings is 1. The molecule has 13 nitrogen and oxygen atoms in total. The molecule has 0 saturated carbocycles. The van der Waals surface area contributed by atoms with E-state index in [1.54, 1.807) is 14.0 Å². The van der Waals surface area contributed by atoms with Crippen LogP contribution in [0.2, 0.25) is 0 Å². The first kappa shape index (κ1) is 44.1. The molecule has 3 rings (SSSR count). The zero-order valence-electron chi connectivity index (χ0n) is 33.2. The Morgan fingerprint density at radius 1 is 0.745 bits per heavy atom. The minimum atomic E-state index is -0.940. The fourth-order valence-corrected chi connectivity index (χ4v) is 6.17. The van der Waals surface area contributed by atoms with E-state index >= 15 is 0 Å². The lowest BCUT2D eigenvalue weighted by Crippen LogP contribution is -2.58. The van der Waals surface area contributed by atoms with Crippen LogP contribution < -0.4 is 31.3 Å². The van der Waals surface area contributed by atoms with E-state index in [1.165, 1.54) is 29.4 Å². The summed E-state index contributed by atoms with van der Waals surface area (Å²) in [4.78, 5) is 69.2. The first-order valence-electron chi connectivity index (χ1n) is 19.2. The Kier molecular flexibility index (Phi) is 17.8. The summed E-state index contributed by atoms with van der Waals surface area (Å²) in [7, 11) is 1.58. The highest BCUT2D eigenvalue weighted by atomic mass is 16.5. The summed E-state index contributed by atoms with van der Waals surface area (Å²) in [6.07, 6.45) is 4.27. The van der Waals surface area contributed by atoms with Crippen molar-refractivity contribution in [3.8, 4) is 0 Å². The second-order valence-electron chi connectivity index (χ2n) is 14.4. The molecule has 0 bridgehead atoms. The van der Waals surface area contributed by atoms with Crippen molar-refractivity contribution in [1.29, 1.82) is 0 Å². The Morgan fingerprint density at radius 3 is 1.91 bits per heavy atom. The van der Waals surface area contributed by atoms with Crippen molar-refractivity contribution in [1.82, 2.24) is 31.5 Å². The third-order valence-electron chi connectivity index (χ3n) is 9.83. The van der Waals surface area contributed by atoms with E-state index in [2.05, 4.69) is 26.6 Å². The first-order valence-corrected chi connectivity index (χ1v) is 19.2. The van der Waals surface area contributed by atoms with E-state index in [4.69, 9.17) is 0 Å². The van der Waals surface area contributed by atoms with Crippen LogP contribution in [0.25, 0.3) is 0 Å².